The Balaban J connectivity index is 2.41. The summed E-state index contributed by atoms with van der Waals surface area (Å²) in [5.74, 6) is -0.560. The number of aliphatic carboxylic acids is 1. The fraction of sp³-hybridized carbons (Fsp3) is 0.375. The monoisotopic (exact) mass is 181 g/mol. The summed E-state index contributed by atoms with van der Waals surface area (Å²) < 4.78 is 0. The number of carboxylic acids is 1. The molecule has 0 aliphatic heterocycles. The summed E-state index contributed by atoms with van der Waals surface area (Å²) in [4.78, 5) is 17.9. The van der Waals surface area contributed by atoms with E-state index in [1.807, 2.05) is 0 Å². The first kappa shape index (κ1) is 9.44. The molecule has 0 saturated carbocycles. The van der Waals surface area contributed by atoms with Crippen molar-refractivity contribution in [2.45, 2.75) is 19.3 Å². The lowest BCUT2D eigenvalue weighted by Crippen LogP contribution is -2.00. The molecule has 1 rings (SSSR count). The van der Waals surface area contributed by atoms with Crippen LogP contribution >= 0.6 is 0 Å². The van der Waals surface area contributed by atoms with E-state index in [0.717, 1.165) is 5.69 Å². The van der Waals surface area contributed by atoms with Crippen LogP contribution in [0, 0.1) is 0 Å². The van der Waals surface area contributed by atoms with Gasteiger partial charge in [0.1, 0.15) is 0 Å². The van der Waals surface area contributed by atoms with E-state index in [0.29, 0.717) is 12.8 Å². The molecule has 70 valence electrons. The van der Waals surface area contributed by atoms with Crippen LogP contribution in [0.1, 0.15) is 18.5 Å². The second kappa shape index (κ2) is 4.39. The van der Waals surface area contributed by atoms with Gasteiger partial charge in [0.05, 0.1) is 0 Å². The summed E-state index contributed by atoms with van der Waals surface area (Å²) in [6.07, 6.45) is 2.92. The molecule has 0 atom stereocenters. The maximum absolute atomic E-state index is 10.2. The summed E-state index contributed by atoms with van der Waals surface area (Å²) in [7, 11) is 0. The van der Waals surface area contributed by atoms with E-state index < -0.39 is 5.97 Å². The van der Waals surface area contributed by atoms with Crippen LogP contribution < -0.4 is 5.73 Å². The van der Waals surface area contributed by atoms with Gasteiger partial charge in [-0.3, -0.25) is 4.79 Å². The summed E-state index contributed by atoms with van der Waals surface area (Å²) in [6, 6.07) is 1.73. The number of nitrogens with zero attached hydrogens (tertiary/aromatic N) is 2. The Kier molecular flexibility index (Phi) is 3.19. The Labute approximate surface area is 75.6 Å². The molecular weight excluding hydrogens is 170 g/mol. The quantitative estimate of drug-likeness (QED) is 0.704. The van der Waals surface area contributed by atoms with Gasteiger partial charge in [-0.05, 0) is 18.9 Å². The second-order valence-electron chi connectivity index (χ2n) is 2.65. The third-order valence-electron chi connectivity index (χ3n) is 1.56. The molecule has 5 heteroatoms. The van der Waals surface area contributed by atoms with Crippen molar-refractivity contribution in [3.63, 3.8) is 0 Å². The summed E-state index contributed by atoms with van der Waals surface area (Å²) >= 11 is 0. The van der Waals surface area contributed by atoms with E-state index in [-0.39, 0.29) is 12.4 Å². The molecule has 0 fully saturated rings. The van der Waals surface area contributed by atoms with E-state index in [4.69, 9.17) is 10.8 Å². The molecule has 0 amide bonds. The van der Waals surface area contributed by atoms with Crippen LogP contribution in [0.3, 0.4) is 0 Å². The third-order valence-corrected chi connectivity index (χ3v) is 1.56. The minimum atomic E-state index is -0.790. The number of aromatic nitrogens is 2. The first-order chi connectivity index (χ1) is 6.18. The second-order valence-corrected chi connectivity index (χ2v) is 2.65. The minimum absolute atomic E-state index is 0.157. The molecule has 0 aliphatic rings. The molecule has 3 N–H and O–H groups in total. The zero-order valence-corrected chi connectivity index (χ0v) is 7.10. The maximum Gasteiger partial charge on any atom is 0.303 e. The average Bonchev–Trinajstić information content (AvgIpc) is 2.03. The van der Waals surface area contributed by atoms with Crippen molar-refractivity contribution in [2.24, 2.45) is 0 Å². The lowest BCUT2D eigenvalue weighted by atomic mass is 10.2. The van der Waals surface area contributed by atoms with Crippen LogP contribution in [0.5, 0.6) is 0 Å². The van der Waals surface area contributed by atoms with E-state index in [2.05, 4.69) is 9.97 Å². The molecule has 0 radical (unpaired) electrons. The Morgan fingerprint density at radius 3 is 3.00 bits per heavy atom. The molecule has 0 unspecified atom stereocenters. The van der Waals surface area contributed by atoms with Gasteiger partial charge in [0.15, 0.2) is 0 Å². The first-order valence-corrected chi connectivity index (χ1v) is 3.97. The van der Waals surface area contributed by atoms with Crippen molar-refractivity contribution in [3.8, 4) is 0 Å². The molecule has 13 heavy (non-hydrogen) atoms. The van der Waals surface area contributed by atoms with E-state index in [1.165, 1.54) is 0 Å². The van der Waals surface area contributed by atoms with E-state index >= 15 is 0 Å². The SMILES string of the molecule is Nc1nccc(CCCC(=O)O)n1. The van der Waals surface area contributed by atoms with Crippen LogP contribution in [-0.4, -0.2) is 21.0 Å². The Hall–Kier alpha value is -1.65. The lowest BCUT2D eigenvalue weighted by Gasteiger charge is -1.98. The van der Waals surface area contributed by atoms with Gasteiger partial charge in [-0.15, -0.1) is 0 Å². The normalized spacial score (nSPS) is 9.85. The third kappa shape index (κ3) is 3.50. The van der Waals surface area contributed by atoms with Gasteiger partial charge < -0.3 is 10.8 Å². The number of nitrogens with two attached hydrogens (primary N) is 1. The Bertz CT molecular complexity index is 301. The number of rotatable bonds is 4. The fourth-order valence-corrected chi connectivity index (χ4v) is 0.973. The Morgan fingerprint density at radius 1 is 1.62 bits per heavy atom. The van der Waals surface area contributed by atoms with Crippen molar-refractivity contribution in [2.75, 3.05) is 5.73 Å². The number of nitrogen functional groups attached to an aromatic ring is 1. The highest BCUT2D eigenvalue weighted by molar-refractivity contribution is 5.66. The fourth-order valence-electron chi connectivity index (χ4n) is 0.973. The topological polar surface area (TPSA) is 89.1 Å². The number of aryl methyl sites for hydroxylation is 1. The highest BCUT2D eigenvalue weighted by atomic mass is 16.4. The van der Waals surface area contributed by atoms with Gasteiger partial charge in [0.2, 0.25) is 5.95 Å². The highest BCUT2D eigenvalue weighted by Gasteiger charge is 1.99. The molecule has 1 aromatic rings. The maximum atomic E-state index is 10.2. The zero-order chi connectivity index (χ0) is 9.68. The summed E-state index contributed by atoms with van der Waals surface area (Å²) in [5, 5.41) is 8.39. The van der Waals surface area contributed by atoms with Crippen molar-refractivity contribution in [3.05, 3.63) is 18.0 Å². The van der Waals surface area contributed by atoms with Gasteiger partial charge in [-0.2, -0.15) is 0 Å². The van der Waals surface area contributed by atoms with Gasteiger partial charge in [-0.1, -0.05) is 0 Å². The van der Waals surface area contributed by atoms with E-state index in [1.54, 1.807) is 12.3 Å². The van der Waals surface area contributed by atoms with Gasteiger partial charge in [-0.25, -0.2) is 9.97 Å². The van der Waals surface area contributed by atoms with Crippen molar-refractivity contribution < 1.29 is 9.90 Å². The van der Waals surface area contributed by atoms with Crippen LogP contribution in [-0.2, 0) is 11.2 Å². The van der Waals surface area contributed by atoms with Gasteiger partial charge in [0, 0.05) is 18.3 Å². The Morgan fingerprint density at radius 2 is 2.38 bits per heavy atom. The molecule has 0 aliphatic carbocycles. The number of hydrogen-bond acceptors (Lipinski definition) is 4. The van der Waals surface area contributed by atoms with Crippen LogP contribution in [0.4, 0.5) is 5.95 Å². The minimum Gasteiger partial charge on any atom is -0.481 e. The number of carbonyl (C=O) groups is 1. The molecule has 0 saturated heterocycles. The van der Waals surface area contributed by atoms with Gasteiger partial charge in [0.25, 0.3) is 0 Å². The lowest BCUT2D eigenvalue weighted by molar-refractivity contribution is -0.137. The average molecular weight is 181 g/mol. The van der Waals surface area contributed by atoms with Crippen molar-refractivity contribution >= 4 is 11.9 Å². The standard InChI is InChI=1S/C8H11N3O2/c9-8-10-5-4-6(11-8)2-1-3-7(12)13/h4-5H,1-3H2,(H,12,13)(H2,9,10,11). The number of hydrogen-bond donors (Lipinski definition) is 2. The van der Waals surface area contributed by atoms with E-state index in [9.17, 15) is 4.79 Å². The number of anilines is 1. The van der Waals surface area contributed by atoms with Crippen molar-refractivity contribution in [1.82, 2.24) is 9.97 Å². The van der Waals surface area contributed by atoms with Crippen LogP contribution in [0.25, 0.3) is 0 Å². The predicted octanol–water partition coefficient (Wildman–Crippen LogP) is 0.466. The highest BCUT2D eigenvalue weighted by Crippen LogP contribution is 2.02. The molecule has 0 spiro atoms. The summed E-state index contributed by atoms with van der Waals surface area (Å²) in [5.41, 5.74) is 6.14. The molecule has 0 aromatic carbocycles. The van der Waals surface area contributed by atoms with Gasteiger partial charge >= 0.3 is 5.97 Å². The molecule has 0 bridgehead atoms. The molecule has 5 nitrogen and oxygen atoms in total. The van der Waals surface area contributed by atoms with Crippen LogP contribution in [0.15, 0.2) is 12.3 Å². The molecule has 1 heterocycles. The molecule has 1 aromatic heterocycles. The summed E-state index contributed by atoms with van der Waals surface area (Å²) in [6.45, 7) is 0. The zero-order valence-electron chi connectivity index (χ0n) is 7.10. The molecular formula is C8H11N3O2. The largest absolute Gasteiger partial charge is 0.481 e. The van der Waals surface area contributed by atoms with Crippen molar-refractivity contribution in [1.29, 1.82) is 0 Å². The predicted molar refractivity (Wildman–Crippen MR) is 47.0 cm³/mol. The number of carboxylic acid groups (broad SMARTS) is 1. The van der Waals surface area contributed by atoms with Crippen LogP contribution in [0.2, 0.25) is 0 Å². The smallest absolute Gasteiger partial charge is 0.303 e. The first-order valence-electron chi connectivity index (χ1n) is 3.97.